The highest BCUT2D eigenvalue weighted by Crippen LogP contribution is 2.43. The number of hydrogen-bond donors (Lipinski definition) is 1. The van der Waals surface area contributed by atoms with Gasteiger partial charge in [0.15, 0.2) is 0 Å². The monoisotopic (exact) mass is 429 g/mol. The zero-order chi connectivity index (χ0) is 21.8. The van der Waals surface area contributed by atoms with Gasteiger partial charge in [-0.05, 0) is 63.4 Å². The topological polar surface area (TPSA) is 83.9 Å². The molecule has 3 aliphatic rings. The van der Waals surface area contributed by atoms with E-state index in [0.717, 1.165) is 61.9 Å². The van der Waals surface area contributed by atoms with Gasteiger partial charge in [-0.3, -0.25) is 14.6 Å². The number of nitrogens with one attached hydrogen (secondary N) is 1. The lowest BCUT2D eigenvalue weighted by Gasteiger charge is -2.39. The van der Waals surface area contributed by atoms with E-state index in [1.165, 1.54) is 5.56 Å². The third kappa shape index (κ3) is 3.02. The lowest BCUT2D eigenvalue weighted by Crippen LogP contribution is -2.46. The normalized spacial score (nSPS) is 24.0. The standard InChI is InChI=1S/C25H27N5O2/c1-15-21(14-26-30(15)25-27-22-9-5-8-20(22)23(31)28-25)24(32)29-18-10-11-19(29)13-17(12-18)16-6-3-2-4-7-16/h2-4,6-7,14,17-19H,5,8-13H2,1H3,(H,27,28,31). The highest BCUT2D eigenvalue weighted by atomic mass is 16.2. The first-order valence-electron chi connectivity index (χ1n) is 11.6. The molecule has 1 aromatic carbocycles. The molecule has 3 aromatic rings. The number of aromatic nitrogens is 4. The molecular weight excluding hydrogens is 402 g/mol. The summed E-state index contributed by atoms with van der Waals surface area (Å²) < 4.78 is 1.60. The number of carbonyl (C=O) groups excluding carboxylic acids is 1. The van der Waals surface area contributed by atoms with Crippen LogP contribution in [-0.2, 0) is 12.8 Å². The van der Waals surface area contributed by atoms with Crippen molar-refractivity contribution in [3.05, 3.63) is 75.0 Å². The SMILES string of the molecule is Cc1c(C(=O)N2C3CCC2CC(c2ccccc2)C3)cnn1-c1nc2c(c(=O)[nH]1)CCC2. The van der Waals surface area contributed by atoms with E-state index in [0.29, 0.717) is 17.4 Å². The Balaban J connectivity index is 1.27. The maximum Gasteiger partial charge on any atom is 0.257 e. The van der Waals surface area contributed by atoms with Gasteiger partial charge in [0.1, 0.15) is 0 Å². The molecule has 2 aromatic heterocycles. The number of piperidine rings is 1. The van der Waals surface area contributed by atoms with Crippen molar-refractivity contribution in [2.75, 3.05) is 0 Å². The Bertz CT molecular complexity index is 1230. The molecule has 7 heteroatoms. The fraction of sp³-hybridized carbons (Fsp3) is 0.440. The Kier molecular flexibility index (Phi) is 4.52. The third-order valence-corrected chi connectivity index (χ3v) is 7.61. The molecule has 0 radical (unpaired) electrons. The summed E-state index contributed by atoms with van der Waals surface area (Å²) >= 11 is 0. The first kappa shape index (κ1) is 19.5. The first-order chi connectivity index (χ1) is 15.6. The number of H-pyrrole nitrogens is 1. The van der Waals surface area contributed by atoms with E-state index < -0.39 is 0 Å². The fourth-order valence-electron chi connectivity index (χ4n) is 6.01. The molecule has 1 N–H and O–H groups in total. The van der Waals surface area contributed by atoms with Gasteiger partial charge in [-0.2, -0.15) is 5.10 Å². The fourth-order valence-corrected chi connectivity index (χ4v) is 6.01. The predicted octanol–water partition coefficient (Wildman–Crippen LogP) is 3.30. The summed E-state index contributed by atoms with van der Waals surface area (Å²) in [4.78, 5) is 35.6. The van der Waals surface area contributed by atoms with Gasteiger partial charge in [0.05, 0.1) is 23.1 Å². The molecule has 6 rings (SSSR count). The van der Waals surface area contributed by atoms with Crippen LogP contribution in [0.5, 0.6) is 0 Å². The quantitative estimate of drug-likeness (QED) is 0.692. The summed E-state index contributed by atoms with van der Waals surface area (Å²) in [5.74, 6) is 0.969. The van der Waals surface area contributed by atoms with Crippen molar-refractivity contribution < 1.29 is 4.79 Å². The molecule has 1 aliphatic carbocycles. The van der Waals surface area contributed by atoms with Crippen LogP contribution in [0.4, 0.5) is 0 Å². The summed E-state index contributed by atoms with van der Waals surface area (Å²) in [6, 6.07) is 11.2. The minimum absolute atomic E-state index is 0.0521. The van der Waals surface area contributed by atoms with E-state index in [-0.39, 0.29) is 23.6 Å². The van der Waals surface area contributed by atoms with Crippen molar-refractivity contribution in [1.82, 2.24) is 24.6 Å². The Morgan fingerprint density at radius 1 is 1.09 bits per heavy atom. The molecule has 2 unspecified atom stereocenters. The summed E-state index contributed by atoms with van der Waals surface area (Å²) in [5.41, 5.74) is 4.25. The van der Waals surface area contributed by atoms with Gasteiger partial charge in [-0.25, -0.2) is 9.67 Å². The van der Waals surface area contributed by atoms with Crippen LogP contribution in [0.3, 0.4) is 0 Å². The van der Waals surface area contributed by atoms with E-state index in [9.17, 15) is 9.59 Å². The second-order valence-electron chi connectivity index (χ2n) is 9.40. The molecule has 0 saturated carbocycles. The second-order valence-corrected chi connectivity index (χ2v) is 9.40. The minimum atomic E-state index is -0.0914. The molecule has 7 nitrogen and oxygen atoms in total. The van der Waals surface area contributed by atoms with Gasteiger partial charge in [0.25, 0.3) is 11.5 Å². The van der Waals surface area contributed by atoms with Crippen molar-refractivity contribution in [2.45, 2.75) is 69.9 Å². The lowest BCUT2D eigenvalue weighted by atomic mass is 9.85. The van der Waals surface area contributed by atoms with Gasteiger partial charge < -0.3 is 4.90 Å². The van der Waals surface area contributed by atoms with E-state index in [4.69, 9.17) is 0 Å². The summed E-state index contributed by atoms with van der Waals surface area (Å²) in [5, 5.41) is 4.44. The molecular formula is C25H27N5O2. The van der Waals surface area contributed by atoms with Crippen molar-refractivity contribution in [3.8, 4) is 5.95 Å². The largest absolute Gasteiger partial charge is 0.333 e. The maximum atomic E-state index is 13.6. The van der Waals surface area contributed by atoms with Crippen molar-refractivity contribution in [1.29, 1.82) is 0 Å². The predicted molar refractivity (Wildman–Crippen MR) is 120 cm³/mol. The molecule has 2 saturated heterocycles. The number of aromatic amines is 1. The van der Waals surface area contributed by atoms with Gasteiger partial charge in [0, 0.05) is 17.6 Å². The lowest BCUT2D eigenvalue weighted by molar-refractivity contribution is 0.0570. The molecule has 2 aliphatic heterocycles. The third-order valence-electron chi connectivity index (χ3n) is 7.61. The van der Waals surface area contributed by atoms with Crippen LogP contribution < -0.4 is 5.56 Å². The van der Waals surface area contributed by atoms with Crippen molar-refractivity contribution in [2.24, 2.45) is 0 Å². The van der Waals surface area contributed by atoms with Crippen LogP contribution >= 0.6 is 0 Å². The number of aryl methyl sites for hydroxylation is 1. The number of carbonyl (C=O) groups is 1. The van der Waals surface area contributed by atoms with Crippen LogP contribution in [-0.4, -0.2) is 42.6 Å². The number of amides is 1. The molecule has 32 heavy (non-hydrogen) atoms. The molecule has 2 bridgehead atoms. The highest BCUT2D eigenvalue weighted by molar-refractivity contribution is 5.96. The van der Waals surface area contributed by atoms with Crippen LogP contribution in [0.25, 0.3) is 5.95 Å². The number of fused-ring (bicyclic) bond motifs is 3. The Morgan fingerprint density at radius 2 is 1.84 bits per heavy atom. The van der Waals surface area contributed by atoms with Crippen molar-refractivity contribution in [3.63, 3.8) is 0 Å². The molecule has 1 amide bonds. The smallest absolute Gasteiger partial charge is 0.257 e. The molecule has 0 spiro atoms. The summed E-state index contributed by atoms with van der Waals surface area (Å²) in [7, 11) is 0. The average molecular weight is 430 g/mol. The van der Waals surface area contributed by atoms with E-state index in [2.05, 4.69) is 50.3 Å². The minimum Gasteiger partial charge on any atom is -0.333 e. The summed E-state index contributed by atoms with van der Waals surface area (Å²) in [6.07, 6.45) is 8.34. The second kappa shape index (κ2) is 7.43. The Morgan fingerprint density at radius 3 is 2.59 bits per heavy atom. The van der Waals surface area contributed by atoms with Crippen LogP contribution in [0.2, 0.25) is 0 Å². The van der Waals surface area contributed by atoms with Gasteiger partial charge >= 0.3 is 0 Å². The van der Waals surface area contributed by atoms with Gasteiger partial charge in [-0.15, -0.1) is 0 Å². The number of nitrogens with zero attached hydrogens (tertiary/aromatic N) is 4. The van der Waals surface area contributed by atoms with Crippen LogP contribution in [0.1, 0.15) is 70.9 Å². The van der Waals surface area contributed by atoms with Gasteiger partial charge in [0.2, 0.25) is 5.95 Å². The highest BCUT2D eigenvalue weighted by Gasteiger charge is 2.44. The molecule has 2 atom stereocenters. The molecule has 164 valence electrons. The number of rotatable bonds is 3. The molecule has 4 heterocycles. The number of benzene rings is 1. The van der Waals surface area contributed by atoms with E-state index in [1.807, 2.05) is 6.92 Å². The molecule has 2 fully saturated rings. The Hall–Kier alpha value is -3.22. The average Bonchev–Trinajstić information content (AvgIpc) is 3.50. The Labute approximate surface area is 186 Å². The first-order valence-corrected chi connectivity index (χ1v) is 11.6. The van der Waals surface area contributed by atoms with Crippen LogP contribution in [0.15, 0.2) is 41.3 Å². The zero-order valence-corrected chi connectivity index (χ0v) is 18.3. The summed E-state index contributed by atoms with van der Waals surface area (Å²) in [6.45, 7) is 1.88. The zero-order valence-electron chi connectivity index (χ0n) is 18.3. The van der Waals surface area contributed by atoms with E-state index >= 15 is 0 Å². The van der Waals surface area contributed by atoms with E-state index in [1.54, 1.807) is 10.9 Å². The number of hydrogen-bond acceptors (Lipinski definition) is 4. The van der Waals surface area contributed by atoms with Crippen molar-refractivity contribution >= 4 is 5.91 Å². The maximum absolute atomic E-state index is 13.6. The van der Waals surface area contributed by atoms with Gasteiger partial charge in [-0.1, -0.05) is 30.3 Å². The van der Waals surface area contributed by atoms with Crippen LogP contribution in [0, 0.1) is 6.92 Å².